The smallest absolute Gasteiger partial charge is 0.347 e. The molecular weight excluding hydrogens is 420 g/mol. The molecule has 33 heavy (non-hydrogen) atoms. The maximum Gasteiger partial charge on any atom is 0.347 e. The zero-order valence-electron chi connectivity index (χ0n) is 19.9. The number of nitrogens with one attached hydrogen (secondary N) is 1. The summed E-state index contributed by atoms with van der Waals surface area (Å²) in [6.07, 6.45) is 1.95. The van der Waals surface area contributed by atoms with Crippen LogP contribution in [0.25, 0.3) is 0 Å². The average molecular weight is 453 g/mol. The van der Waals surface area contributed by atoms with Crippen LogP contribution in [0.15, 0.2) is 42.5 Å². The molecule has 0 spiro atoms. The van der Waals surface area contributed by atoms with Crippen LogP contribution < -0.4 is 10.1 Å². The van der Waals surface area contributed by atoms with Crippen molar-refractivity contribution in [3.8, 4) is 5.75 Å². The molecule has 0 bridgehead atoms. The van der Waals surface area contributed by atoms with E-state index in [0.29, 0.717) is 18.6 Å². The predicted molar refractivity (Wildman–Crippen MR) is 125 cm³/mol. The van der Waals surface area contributed by atoms with Crippen molar-refractivity contribution in [3.05, 3.63) is 64.7 Å². The first-order chi connectivity index (χ1) is 15.4. The van der Waals surface area contributed by atoms with Crippen LogP contribution in [-0.2, 0) is 22.6 Å². The Balaban J connectivity index is 1.56. The summed E-state index contributed by atoms with van der Waals surface area (Å²) in [5.74, 6) is -0.752. The van der Waals surface area contributed by atoms with Crippen LogP contribution in [0.1, 0.15) is 55.9 Å². The lowest BCUT2D eigenvalue weighted by Gasteiger charge is -2.22. The van der Waals surface area contributed by atoms with Crippen molar-refractivity contribution in [1.29, 1.82) is 0 Å². The number of imide groups is 1. The van der Waals surface area contributed by atoms with Gasteiger partial charge in [-0.3, -0.25) is 9.69 Å². The number of carboxylic acids is 1. The van der Waals surface area contributed by atoms with Gasteiger partial charge in [0, 0.05) is 0 Å². The number of ether oxygens (including phenoxy) is 1. The molecule has 176 valence electrons. The van der Waals surface area contributed by atoms with E-state index in [4.69, 9.17) is 4.74 Å². The standard InChI is InChI=1S/C26H32N2O5/c1-17-8-9-20(15-18(17)2)16-28-22(29)26(5,27-24(28)32)14-6-7-19-10-12-21(13-11-19)33-25(3,4)23(30)31/h8-13,15H,6-7,14,16H2,1-5H3,(H,27,32)(H,30,31). The van der Waals surface area contributed by atoms with Gasteiger partial charge in [-0.25, -0.2) is 9.59 Å². The lowest BCUT2D eigenvalue weighted by atomic mass is 9.93. The SMILES string of the molecule is Cc1ccc(CN2C(=O)NC(C)(CCCc3ccc(OC(C)(C)C(=O)O)cc3)C2=O)cc1C. The molecule has 7 heteroatoms. The number of hydrogen-bond donors (Lipinski definition) is 2. The van der Waals surface area contributed by atoms with Gasteiger partial charge in [0.05, 0.1) is 6.54 Å². The van der Waals surface area contributed by atoms with Crippen LogP contribution in [0.4, 0.5) is 4.79 Å². The molecule has 0 saturated carbocycles. The number of benzene rings is 2. The molecule has 1 saturated heterocycles. The fourth-order valence-electron chi connectivity index (χ4n) is 3.85. The number of amides is 3. The van der Waals surface area contributed by atoms with Gasteiger partial charge in [-0.2, -0.15) is 0 Å². The number of hydrogen-bond acceptors (Lipinski definition) is 4. The van der Waals surface area contributed by atoms with Gasteiger partial charge in [0.15, 0.2) is 5.60 Å². The van der Waals surface area contributed by atoms with E-state index >= 15 is 0 Å². The van der Waals surface area contributed by atoms with Gasteiger partial charge in [0.25, 0.3) is 5.91 Å². The van der Waals surface area contributed by atoms with Crippen molar-refractivity contribution < 1.29 is 24.2 Å². The molecule has 1 atom stereocenters. The van der Waals surface area contributed by atoms with Crippen LogP contribution in [0.2, 0.25) is 0 Å². The Morgan fingerprint density at radius 2 is 1.70 bits per heavy atom. The maximum atomic E-state index is 13.0. The summed E-state index contributed by atoms with van der Waals surface area (Å²) in [7, 11) is 0. The first kappa shape index (κ1) is 24.3. The Morgan fingerprint density at radius 1 is 1.06 bits per heavy atom. The fourth-order valence-corrected chi connectivity index (χ4v) is 3.85. The van der Waals surface area contributed by atoms with Gasteiger partial charge >= 0.3 is 12.0 Å². The number of carbonyl (C=O) groups excluding carboxylic acids is 2. The van der Waals surface area contributed by atoms with Crippen LogP contribution in [0, 0.1) is 13.8 Å². The van der Waals surface area contributed by atoms with E-state index in [2.05, 4.69) is 5.32 Å². The number of rotatable bonds is 9. The highest BCUT2D eigenvalue weighted by atomic mass is 16.5. The molecule has 1 fully saturated rings. The fraction of sp³-hybridized carbons (Fsp3) is 0.423. The second kappa shape index (κ2) is 9.25. The summed E-state index contributed by atoms with van der Waals surface area (Å²) in [6.45, 7) is 9.08. The van der Waals surface area contributed by atoms with Gasteiger partial charge in [0.1, 0.15) is 11.3 Å². The summed E-state index contributed by atoms with van der Waals surface area (Å²) in [4.78, 5) is 38.1. The second-order valence-corrected chi connectivity index (χ2v) is 9.49. The van der Waals surface area contributed by atoms with Crippen LogP contribution in [0.5, 0.6) is 5.75 Å². The third-order valence-electron chi connectivity index (χ3n) is 6.21. The number of carboxylic acid groups (broad SMARTS) is 1. The van der Waals surface area contributed by atoms with Gasteiger partial charge < -0.3 is 15.2 Å². The normalized spacial score (nSPS) is 18.4. The van der Waals surface area contributed by atoms with Crippen LogP contribution in [-0.4, -0.2) is 39.1 Å². The number of aryl methyl sites for hydroxylation is 3. The molecule has 7 nitrogen and oxygen atoms in total. The predicted octanol–water partition coefficient (Wildman–Crippen LogP) is 4.38. The Hall–Kier alpha value is -3.35. The first-order valence-corrected chi connectivity index (χ1v) is 11.1. The van der Waals surface area contributed by atoms with Crippen LogP contribution in [0.3, 0.4) is 0 Å². The molecule has 0 aromatic heterocycles. The lowest BCUT2D eigenvalue weighted by Crippen LogP contribution is -2.43. The second-order valence-electron chi connectivity index (χ2n) is 9.49. The van der Waals surface area contributed by atoms with E-state index in [1.807, 2.05) is 44.2 Å². The minimum absolute atomic E-state index is 0.203. The summed E-state index contributed by atoms with van der Waals surface area (Å²) in [6, 6.07) is 12.9. The number of urea groups is 1. The lowest BCUT2D eigenvalue weighted by molar-refractivity contribution is -0.152. The van der Waals surface area contributed by atoms with Crippen molar-refractivity contribution in [2.24, 2.45) is 0 Å². The third-order valence-corrected chi connectivity index (χ3v) is 6.21. The molecule has 3 rings (SSSR count). The largest absolute Gasteiger partial charge is 0.478 e. The number of carbonyl (C=O) groups is 3. The molecule has 1 aliphatic heterocycles. The average Bonchev–Trinajstić information content (AvgIpc) is 2.95. The summed E-state index contributed by atoms with van der Waals surface area (Å²) >= 11 is 0. The minimum atomic E-state index is -1.31. The molecule has 2 N–H and O–H groups in total. The topological polar surface area (TPSA) is 95.9 Å². The van der Waals surface area contributed by atoms with Crippen molar-refractivity contribution in [1.82, 2.24) is 10.2 Å². The third kappa shape index (κ3) is 5.53. The monoisotopic (exact) mass is 452 g/mol. The van der Waals surface area contributed by atoms with Gasteiger partial charge in [0.2, 0.25) is 0 Å². The highest BCUT2D eigenvalue weighted by molar-refractivity contribution is 6.06. The molecule has 2 aromatic carbocycles. The number of aliphatic carboxylic acids is 1. The highest BCUT2D eigenvalue weighted by Gasteiger charge is 2.47. The Bertz CT molecular complexity index is 1060. The molecule has 3 amide bonds. The van der Waals surface area contributed by atoms with Crippen molar-refractivity contribution in [2.45, 2.75) is 71.6 Å². The van der Waals surface area contributed by atoms with Gasteiger partial charge in [-0.05, 0) is 88.3 Å². The molecule has 2 aromatic rings. The summed E-state index contributed by atoms with van der Waals surface area (Å²) in [5, 5.41) is 12.0. The molecule has 0 aliphatic carbocycles. The molecule has 0 radical (unpaired) electrons. The first-order valence-electron chi connectivity index (χ1n) is 11.1. The summed E-state index contributed by atoms with van der Waals surface area (Å²) in [5.41, 5.74) is 2.05. The molecule has 1 heterocycles. The van der Waals surface area contributed by atoms with E-state index in [-0.39, 0.29) is 18.5 Å². The Kier molecular flexibility index (Phi) is 6.81. The Morgan fingerprint density at radius 3 is 2.30 bits per heavy atom. The van der Waals surface area contributed by atoms with Gasteiger partial charge in [-0.15, -0.1) is 0 Å². The van der Waals surface area contributed by atoms with Crippen molar-refractivity contribution >= 4 is 17.9 Å². The summed E-state index contributed by atoms with van der Waals surface area (Å²) < 4.78 is 5.52. The Labute approximate surface area is 194 Å². The molecule has 1 unspecified atom stereocenters. The van der Waals surface area contributed by atoms with E-state index in [1.165, 1.54) is 24.3 Å². The zero-order chi connectivity index (χ0) is 24.4. The number of nitrogens with zero attached hydrogens (tertiary/aromatic N) is 1. The van der Waals surface area contributed by atoms with Crippen molar-refractivity contribution in [3.63, 3.8) is 0 Å². The van der Waals surface area contributed by atoms with E-state index in [9.17, 15) is 19.5 Å². The molecular formula is C26H32N2O5. The zero-order valence-corrected chi connectivity index (χ0v) is 19.9. The van der Waals surface area contributed by atoms with E-state index < -0.39 is 17.1 Å². The van der Waals surface area contributed by atoms with Gasteiger partial charge in [-0.1, -0.05) is 30.3 Å². The van der Waals surface area contributed by atoms with Crippen molar-refractivity contribution in [2.75, 3.05) is 0 Å². The minimum Gasteiger partial charge on any atom is -0.478 e. The maximum absolute atomic E-state index is 13.0. The van der Waals surface area contributed by atoms with Crippen LogP contribution >= 0.6 is 0 Å². The van der Waals surface area contributed by atoms with E-state index in [1.54, 1.807) is 19.1 Å². The molecule has 1 aliphatic rings. The van der Waals surface area contributed by atoms with E-state index in [0.717, 1.165) is 23.1 Å². The quantitative estimate of drug-likeness (QED) is 0.551. The highest BCUT2D eigenvalue weighted by Crippen LogP contribution is 2.26.